The lowest BCUT2D eigenvalue weighted by molar-refractivity contribution is 0.0346. The minimum Gasteiger partial charge on any atom is -0.379 e. The van der Waals surface area contributed by atoms with Gasteiger partial charge in [-0.05, 0) is 45.6 Å². The molecule has 156 valence electrons. The number of fused-ring (bicyclic) bond motifs is 2. The van der Waals surface area contributed by atoms with E-state index >= 15 is 0 Å². The highest BCUT2D eigenvalue weighted by atomic mass is 19.1. The second kappa shape index (κ2) is 7.68. The van der Waals surface area contributed by atoms with Crippen molar-refractivity contribution >= 4 is 22.6 Å². The predicted octanol–water partition coefficient (Wildman–Crippen LogP) is 4.48. The van der Waals surface area contributed by atoms with Crippen molar-refractivity contribution in [3.05, 3.63) is 42.4 Å². The number of H-pyrrole nitrogens is 1. The largest absolute Gasteiger partial charge is 0.379 e. The van der Waals surface area contributed by atoms with Gasteiger partial charge < -0.3 is 19.4 Å². The molecule has 0 unspecified atom stereocenters. The average molecular weight is 408 g/mol. The van der Waals surface area contributed by atoms with Gasteiger partial charge in [0, 0.05) is 59.6 Å². The van der Waals surface area contributed by atoms with Gasteiger partial charge in [-0.2, -0.15) is 4.98 Å². The van der Waals surface area contributed by atoms with Gasteiger partial charge in [-0.3, -0.25) is 0 Å². The van der Waals surface area contributed by atoms with Crippen molar-refractivity contribution in [3.8, 4) is 11.1 Å². The van der Waals surface area contributed by atoms with E-state index in [1.165, 1.54) is 6.07 Å². The predicted molar refractivity (Wildman–Crippen MR) is 114 cm³/mol. The first-order valence-corrected chi connectivity index (χ1v) is 10.5. The molecule has 0 aromatic carbocycles. The second-order valence-corrected chi connectivity index (χ2v) is 7.90. The highest BCUT2D eigenvalue weighted by Crippen LogP contribution is 2.30. The second-order valence-electron chi connectivity index (χ2n) is 7.90. The summed E-state index contributed by atoms with van der Waals surface area (Å²) in [7, 11) is 0. The topological polar surface area (TPSA) is 80.1 Å². The Kier molecular flexibility index (Phi) is 4.86. The van der Waals surface area contributed by atoms with Crippen LogP contribution in [0.15, 0.2) is 30.9 Å². The van der Waals surface area contributed by atoms with E-state index < -0.39 is 0 Å². The van der Waals surface area contributed by atoms with Gasteiger partial charge >= 0.3 is 0 Å². The summed E-state index contributed by atoms with van der Waals surface area (Å²) < 4.78 is 22.0. The van der Waals surface area contributed by atoms with Crippen molar-refractivity contribution in [1.29, 1.82) is 0 Å². The highest BCUT2D eigenvalue weighted by molar-refractivity contribution is 5.93. The zero-order valence-corrected chi connectivity index (χ0v) is 17.2. The number of pyridine rings is 1. The van der Waals surface area contributed by atoms with Crippen LogP contribution in [0.25, 0.3) is 27.8 Å². The van der Waals surface area contributed by atoms with E-state index in [2.05, 4.69) is 25.3 Å². The molecule has 4 aromatic heterocycles. The van der Waals surface area contributed by atoms with Gasteiger partial charge in [0.1, 0.15) is 5.65 Å². The van der Waals surface area contributed by atoms with E-state index in [1.54, 1.807) is 16.8 Å². The van der Waals surface area contributed by atoms with Crippen LogP contribution in [0.4, 0.5) is 10.3 Å². The maximum Gasteiger partial charge on any atom is 0.224 e. The van der Waals surface area contributed by atoms with Gasteiger partial charge in [0.05, 0.1) is 6.10 Å². The summed E-state index contributed by atoms with van der Waals surface area (Å²) in [6.45, 7) is 4.72. The Morgan fingerprint density at radius 1 is 1.23 bits per heavy atom. The molecule has 4 aromatic rings. The summed E-state index contributed by atoms with van der Waals surface area (Å²) in [5.74, 6) is 0.264. The van der Waals surface area contributed by atoms with Crippen molar-refractivity contribution < 1.29 is 9.13 Å². The molecule has 0 atom stereocenters. The molecular formula is C22H25FN6O. The number of nitrogens with one attached hydrogen (secondary N) is 2. The summed E-state index contributed by atoms with van der Waals surface area (Å²) in [4.78, 5) is 16.5. The Hall–Kier alpha value is -3.00. The standard InChI is InChI=1S/C22H25FN6O/c1-3-30-16-6-4-15(5-7-16)27-22-26-11-18-17(10-24-20(18)28-22)14-8-19(23)21-25-9-13(2)29(21)12-14/h8-12,15-16H,3-7H2,1-2H3,(H2,24,26,27,28)/t15-,16+. The van der Waals surface area contributed by atoms with Crippen LogP contribution in [-0.4, -0.2) is 43.1 Å². The van der Waals surface area contributed by atoms with Crippen LogP contribution in [0.1, 0.15) is 38.3 Å². The molecule has 1 aliphatic rings. The first-order chi connectivity index (χ1) is 14.6. The maximum absolute atomic E-state index is 14.5. The van der Waals surface area contributed by atoms with E-state index in [0.717, 1.165) is 60.1 Å². The fourth-order valence-electron chi connectivity index (χ4n) is 4.32. The van der Waals surface area contributed by atoms with Crippen molar-refractivity contribution in [2.75, 3.05) is 11.9 Å². The fraction of sp³-hybridized carbons (Fsp3) is 0.409. The monoisotopic (exact) mass is 408 g/mol. The fourth-order valence-corrected chi connectivity index (χ4v) is 4.32. The van der Waals surface area contributed by atoms with Crippen molar-refractivity contribution in [2.24, 2.45) is 0 Å². The third-order valence-electron chi connectivity index (χ3n) is 5.90. The van der Waals surface area contributed by atoms with E-state index in [9.17, 15) is 4.39 Å². The van der Waals surface area contributed by atoms with Crippen LogP contribution < -0.4 is 5.32 Å². The number of ether oxygens (including phenoxy) is 1. The number of aromatic amines is 1. The number of imidazole rings is 1. The van der Waals surface area contributed by atoms with E-state index in [1.807, 2.05) is 26.2 Å². The molecule has 0 aliphatic heterocycles. The van der Waals surface area contributed by atoms with Crippen LogP contribution in [-0.2, 0) is 4.74 Å². The zero-order valence-electron chi connectivity index (χ0n) is 17.2. The van der Waals surface area contributed by atoms with Crippen LogP contribution in [0, 0.1) is 12.7 Å². The summed E-state index contributed by atoms with van der Waals surface area (Å²) >= 11 is 0. The summed E-state index contributed by atoms with van der Waals surface area (Å²) in [5, 5.41) is 4.31. The smallest absolute Gasteiger partial charge is 0.224 e. The molecule has 1 fully saturated rings. The van der Waals surface area contributed by atoms with Crippen LogP contribution in [0.2, 0.25) is 0 Å². The number of hydrogen-bond acceptors (Lipinski definition) is 5. The Bertz CT molecular complexity index is 1190. The third kappa shape index (κ3) is 3.41. The van der Waals surface area contributed by atoms with Crippen molar-refractivity contribution in [1.82, 2.24) is 24.3 Å². The quantitative estimate of drug-likeness (QED) is 0.509. The summed E-state index contributed by atoms with van der Waals surface area (Å²) in [5.41, 5.74) is 3.56. The summed E-state index contributed by atoms with van der Waals surface area (Å²) in [6, 6.07) is 1.86. The first-order valence-electron chi connectivity index (χ1n) is 10.5. The molecule has 0 radical (unpaired) electrons. The van der Waals surface area contributed by atoms with Gasteiger partial charge in [0.2, 0.25) is 5.95 Å². The van der Waals surface area contributed by atoms with Gasteiger partial charge in [0.25, 0.3) is 0 Å². The lowest BCUT2D eigenvalue weighted by atomic mass is 9.93. The van der Waals surface area contributed by atoms with E-state index in [0.29, 0.717) is 23.7 Å². The molecule has 0 bridgehead atoms. The Balaban J connectivity index is 1.39. The lowest BCUT2D eigenvalue weighted by Gasteiger charge is -2.28. The van der Waals surface area contributed by atoms with Gasteiger partial charge in [-0.1, -0.05) is 0 Å². The number of hydrogen-bond donors (Lipinski definition) is 2. The molecule has 30 heavy (non-hydrogen) atoms. The molecule has 2 N–H and O–H groups in total. The normalized spacial score (nSPS) is 19.6. The molecule has 8 heteroatoms. The zero-order chi connectivity index (χ0) is 20.7. The van der Waals surface area contributed by atoms with Crippen LogP contribution in [0.3, 0.4) is 0 Å². The molecular weight excluding hydrogens is 383 g/mol. The van der Waals surface area contributed by atoms with Gasteiger partial charge in [-0.15, -0.1) is 0 Å². The summed E-state index contributed by atoms with van der Waals surface area (Å²) in [6.07, 6.45) is 11.8. The molecule has 1 aliphatic carbocycles. The molecule has 0 amide bonds. The number of aryl methyl sites for hydroxylation is 1. The maximum atomic E-state index is 14.5. The molecule has 1 saturated carbocycles. The van der Waals surface area contributed by atoms with Crippen LogP contribution >= 0.6 is 0 Å². The van der Waals surface area contributed by atoms with E-state index in [-0.39, 0.29) is 5.82 Å². The van der Waals surface area contributed by atoms with Crippen LogP contribution in [0.5, 0.6) is 0 Å². The number of nitrogens with zero attached hydrogens (tertiary/aromatic N) is 4. The Morgan fingerprint density at radius 2 is 2.07 bits per heavy atom. The minimum atomic E-state index is -0.350. The highest BCUT2D eigenvalue weighted by Gasteiger charge is 2.22. The minimum absolute atomic E-state index is 0.331. The number of anilines is 1. The van der Waals surface area contributed by atoms with Crippen molar-refractivity contribution in [3.63, 3.8) is 0 Å². The number of rotatable bonds is 5. The average Bonchev–Trinajstić information content (AvgIpc) is 3.33. The molecule has 7 nitrogen and oxygen atoms in total. The number of halogens is 1. The van der Waals surface area contributed by atoms with E-state index in [4.69, 9.17) is 4.74 Å². The molecule has 0 spiro atoms. The van der Waals surface area contributed by atoms with Gasteiger partial charge in [-0.25, -0.2) is 14.4 Å². The van der Waals surface area contributed by atoms with Gasteiger partial charge in [0.15, 0.2) is 11.5 Å². The molecule has 4 heterocycles. The molecule has 5 rings (SSSR count). The lowest BCUT2D eigenvalue weighted by Crippen LogP contribution is -2.30. The van der Waals surface area contributed by atoms with Crippen molar-refractivity contribution in [2.45, 2.75) is 51.7 Å². The SMILES string of the molecule is CCO[C@H]1CC[C@@H](Nc2ncc3c(-c4cc(F)c5ncc(C)n5c4)c[nH]c3n2)CC1. The Labute approximate surface area is 173 Å². The Morgan fingerprint density at radius 3 is 2.87 bits per heavy atom. The molecule has 0 saturated heterocycles. The third-order valence-corrected chi connectivity index (χ3v) is 5.90. The number of aromatic nitrogens is 5. The first kappa shape index (κ1) is 19.0.